The molecule has 0 atom stereocenters. The molecule has 5 heteroatoms. The number of anilines is 4. The molecule has 9 rings (SSSR count). The van der Waals surface area contributed by atoms with Crippen LogP contribution in [0.2, 0.25) is 0 Å². The summed E-state index contributed by atoms with van der Waals surface area (Å²) < 4.78 is 9.42. The molecule has 0 saturated heterocycles. The first-order valence-corrected chi connectivity index (χ1v) is 22.7. The van der Waals surface area contributed by atoms with Crippen LogP contribution < -0.4 is 14.5 Å². The smallest absolute Gasteiger partial charge is 0.137 e. The van der Waals surface area contributed by atoms with Crippen LogP contribution in [0.1, 0.15) is 114 Å². The van der Waals surface area contributed by atoms with Crippen molar-refractivity contribution in [2.45, 2.75) is 106 Å². The van der Waals surface area contributed by atoms with Crippen molar-refractivity contribution in [2.24, 2.45) is 0 Å². The van der Waals surface area contributed by atoms with Gasteiger partial charge in [-0.1, -0.05) is 118 Å². The van der Waals surface area contributed by atoms with Crippen molar-refractivity contribution in [3.63, 3.8) is 0 Å². The van der Waals surface area contributed by atoms with E-state index in [1.165, 1.54) is 61.4 Å². The van der Waals surface area contributed by atoms with E-state index in [4.69, 9.17) is 9.72 Å². The third-order valence-corrected chi connectivity index (χ3v) is 13.1. The SMILES string of the molecule is Cc1cc2c(cc1C)N(c1cccc(C(C)(C)C)c1)CN2c1cc(Oc2ccc3c4ccccc4n(-c4cc(C(C)(C)C)ccn4)c3c2)cc(-c2c(C(C)C)cccc2C(C)C)c1. The van der Waals surface area contributed by atoms with Crippen molar-refractivity contribution in [2.75, 3.05) is 16.5 Å². The lowest BCUT2D eigenvalue weighted by Crippen LogP contribution is -2.24. The Morgan fingerprint density at radius 3 is 1.83 bits per heavy atom. The minimum Gasteiger partial charge on any atom is -0.457 e. The number of rotatable bonds is 8. The van der Waals surface area contributed by atoms with Crippen molar-refractivity contribution in [1.29, 1.82) is 0 Å². The molecule has 0 spiro atoms. The van der Waals surface area contributed by atoms with Crippen LogP contribution in [0.4, 0.5) is 22.7 Å². The van der Waals surface area contributed by atoms with Gasteiger partial charge in [-0.25, -0.2) is 4.98 Å². The largest absolute Gasteiger partial charge is 0.457 e. The normalized spacial score (nSPS) is 13.2. The van der Waals surface area contributed by atoms with Gasteiger partial charge >= 0.3 is 0 Å². The molecule has 3 heterocycles. The predicted molar refractivity (Wildman–Crippen MR) is 268 cm³/mol. The lowest BCUT2D eigenvalue weighted by Gasteiger charge is -2.26. The minimum absolute atomic E-state index is 0.0159. The Kier molecular flexibility index (Phi) is 10.5. The number of para-hydroxylation sites is 1. The topological polar surface area (TPSA) is 33.5 Å². The average Bonchev–Trinajstić information content (AvgIpc) is 3.78. The van der Waals surface area contributed by atoms with E-state index >= 15 is 0 Å². The van der Waals surface area contributed by atoms with Gasteiger partial charge in [-0.2, -0.15) is 0 Å². The first kappa shape index (κ1) is 42.0. The van der Waals surface area contributed by atoms with E-state index in [9.17, 15) is 0 Å². The van der Waals surface area contributed by atoms with Gasteiger partial charge < -0.3 is 14.5 Å². The van der Waals surface area contributed by atoms with Gasteiger partial charge in [0.2, 0.25) is 0 Å². The summed E-state index contributed by atoms with van der Waals surface area (Å²) in [7, 11) is 0. The maximum Gasteiger partial charge on any atom is 0.137 e. The number of nitrogens with zero attached hydrogens (tertiary/aromatic N) is 4. The van der Waals surface area contributed by atoms with Gasteiger partial charge in [0.25, 0.3) is 0 Å². The van der Waals surface area contributed by atoms with Gasteiger partial charge in [0.05, 0.1) is 22.4 Å². The number of hydrogen-bond acceptors (Lipinski definition) is 4. The molecule has 0 unspecified atom stereocenters. The maximum atomic E-state index is 7.14. The molecular weight excluding hydrogens is 769 g/mol. The number of fused-ring (bicyclic) bond motifs is 4. The Bertz CT molecular complexity index is 3000. The van der Waals surface area contributed by atoms with Gasteiger partial charge in [-0.05, 0) is 148 Å². The summed E-state index contributed by atoms with van der Waals surface area (Å²) in [5.41, 5.74) is 17.1. The number of benzene rings is 6. The minimum atomic E-state index is -0.0159. The zero-order chi connectivity index (χ0) is 44.5. The van der Waals surface area contributed by atoms with E-state index in [0.29, 0.717) is 18.5 Å². The fraction of sp³-hybridized carbons (Fsp3) is 0.293. The van der Waals surface area contributed by atoms with E-state index in [-0.39, 0.29) is 10.8 Å². The fourth-order valence-corrected chi connectivity index (χ4v) is 9.32. The second-order valence-electron chi connectivity index (χ2n) is 20.3. The van der Waals surface area contributed by atoms with Crippen molar-refractivity contribution >= 4 is 44.6 Å². The molecule has 0 saturated carbocycles. The molecule has 0 N–H and O–H groups in total. The van der Waals surface area contributed by atoms with Crippen molar-refractivity contribution in [3.8, 4) is 28.4 Å². The molecule has 8 aromatic rings. The van der Waals surface area contributed by atoms with Crippen LogP contribution >= 0.6 is 0 Å². The zero-order valence-electron chi connectivity index (χ0n) is 39.3. The monoisotopic (exact) mass is 830 g/mol. The Labute approximate surface area is 375 Å². The number of pyridine rings is 1. The van der Waals surface area contributed by atoms with Crippen LogP contribution in [0, 0.1) is 13.8 Å². The molecule has 6 aromatic carbocycles. The summed E-state index contributed by atoms with van der Waals surface area (Å²) in [4.78, 5) is 9.89. The molecule has 2 aromatic heterocycles. The summed E-state index contributed by atoms with van der Waals surface area (Å²) in [6.45, 7) is 27.9. The summed E-state index contributed by atoms with van der Waals surface area (Å²) in [5.74, 6) is 3.15. The van der Waals surface area contributed by atoms with Crippen LogP contribution in [0.5, 0.6) is 11.5 Å². The highest BCUT2D eigenvalue weighted by Gasteiger charge is 2.31. The van der Waals surface area contributed by atoms with Crippen LogP contribution in [0.25, 0.3) is 38.8 Å². The van der Waals surface area contributed by atoms with E-state index < -0.39 is 0 Å². The molecule has 1 aliphatic rings. The third-order valence-electron chi connectivity index (χ3n) is 13.1. The van der Waals surface area contributed by atoms with Gasteiger partial charge in [-0.15, -0.1) is 0 Å². The average molecular weight is 831 g/mol. The van der Waals surface area contributed by atoms with Crippen LogP contribution in [-0.2, 0) is 10.8 Å². The van der Waals surface area contributed by atoms with Crippen LogP contribution in [0.3, 0.4) is 0 Å². The van der Waals surface area contributed by atoms with Gasteiger partial charge in [0.15, 0.2) is 0 Å². The highest BCUT2D eigenvalue weighted by atomic mass is 16.5. The van der Waals surface area contributed by atoms with Crippen molar-refractivity contribution < 1.29 is 4.74 Å². The number of hydrogen-bond donors (Lipinski definition) is 0. The second-order valence-corrected chi connectivity index (χ2v) is 20.3. The number of aryl methyl sites for hydroxylation is 2. The molecule has 0 bridgehead atoms. The summed E-state index contributed by atoms with van der Waals surface area (Å²) >= 11 is 0. The van der Waals surface area contributed by atoms with E-state index in [2.05, 4.69) is 225 Å². The van der Waals surface area contributed by atoms with E-state index in [1.807, 2.05) is 6.20 Å². The lowest BCUT2D eigenvalue weighted by molar-refractivity contribution is 0.483. The highest BCUT2D eigenvalue weighted by molar-refractivity contribution is 6.09. The number of ether oxygens (including phenoxy) is 1. The van der Waals surface area contributed by atoms with E-state index in [0.717, 1.165) is 45.0 Å². The van der Waals surface area contributed by atoms with Crippen molar-refractivity contribution in [1.82, 2.24) is 9.55 Å². The molecule has 0 aliphatic carbocycles. The van der Waals surface area contributed by atoms with Gasteiger partial charge in [-0.3, -0.25) is 4.57 Å². The molecule has 0 radical (unpaired) electrons. The Morgan fingerprint density at radius 1 is 0.540 bits per heavy atom. The Hall–Kier alpha value is -6.33. The van der Waals surface area contributed by atoms with Crippen molar-refractivity contribution in [3.05, 3.63) is 167 Å². The van der Waals surface area contributed by atoms with Gasteiger partial charge in [0.1, 0.15) is 24.0 Å². The zero-order valence-corrected chi connectivity index (χ0v) is 39.3. The van der Waals surface area contributed by atoms with E-state index in [1.54, 1.807) is 0 Å². The highest BCUT2D eigenvalue weighted by Crippen LogP contribution is 2.49. The lowest BCUT2D eigenvalue weighted by atomic mass is 9.85. The molecule has 1 aliphatic heterocycles. The number of aromatic nitrogens is 2. The first-order chi connectivity index (χ1) is 30.0. The van der Waals surface area contributed by atoms with Gasteiger partial charge in [0, 0.05) is 40.5 Å². The quantitative estimate of drug-likeness (QED) is 0.153. The summed E-state index contributed by atoms with van der Waals surface area (Å²) in [5, 5.41) is 2.35. The summed E-state index contributed by atoms with van der Waals surface area (Å²) in [6.07, 6.45) is 1.94. The Morgan fingerprint density at radius 2 is 1.16 bits per heavy atom. The fourth-order valence-electron chi connectivity index (χ4n) is 9.32. The van der Waals surface area contributed by atoms with Crippen LogP contribution in [-0.4, -0.2) is 16.2 Å². The molecule has 0 fully saturated rings. The second kappa shape index (κ2) is 15.8. The Balaban J connectivity index is 1.23. The predicted octanol–water partition coefficient (Wildman–Crippen LogP) is 16.3. The molecule has 320 valence electrons. The summed E-state index contributed by atoms with van der Waals surface area (Å²) in [6, 6.07) is 47.0. The molecular formula is C58H62N4O. The first-order valence-electron chi connectivity index (χ1n) is 22.7. The third kappa shape index (κ3) is 7.77. The molecule has 63 heavy (non-hydrogen) atoms. The molecule has 5 nitrogen and oxygen atoms in total. The standard InChI is InChI=1S/C58H62N4O/c1-36(2)47-20-16-21-48(37(3)4)56(47)40-29-44(61-35-60(53-27-38(5)39(6)28-54(53)61)43-18-15-17-41(31-43)57(7,8)9)33-46(30-40)63-45-23-24-50-49-19-13-14-22-51(49)62(52(50)34-45)55-32-42(25-26-59-55)58(10,11)12/h13-34,36-37H,35H2,1-12H3. The maximum absolute atomic E-state index is 7.14. The molecule has 0 amide bonds. The van der Waals surface area contributed by atoms with Crippen LogP contribution in [0.15, 0.2) is 134 Å².